The molecule has 0 aliphatic heterocycles. The third kappa shape index (κ3) is 5.58. The molecule has 0 aromatic carbocycles. The predicted octanol–water partition coefficient (Wildman–Crippen LogP) is 3.81. The lowest BCUT2D eigenvalue weighted by atomic mass is 10.0. The third-order valence-electron chi connectivity index (χ3n) is 5.61. The van der Waals surface area contributed by atoms with E-state index in [-0.39, 0.29) is 11.4 Å². The molecule has 16 heteroatoms. The van der Waals surface area contributed by atoms with Crippen molar-refractivity contribution in [1.82, 2.24) is 34.3 Å². The highest BCUT2D eigenvalue weighted by molar-refractivity contribution is 6.34. The highest BCUT2D eigenvalue weighted by atomic mass is 35.5. The molecule has 0 fully saturated rings. The number of nitrogens with one attached hydrogen (secondary N) is 1. The summed E-state index contributed by atoms with van der Waals surface area (Å²) in [5.41, 5.74) is 9.65. The Kier molecular flexibility index (Phi) is 7.77. The summed E-state index contributed by atoms with van der Waals surface area (Å²) in [6.07, 6.45) is 4.86. The lowest BCUT2D eigenvalue weighted by Crippen LogP contribution is -2.28. The van der Waals surface area contributed by atoms with Gasteiger partial charge in [-0.15, -0.1) is 5.10 Å². The molecule has 40 heavy (non-hydrogen) atoms. The van der Waals surface area contributed by atoms with E-state index >= 15 is 0 Å². The van der Waals surface area contributed by atoms with E-state index in [9.17, 15) is 18.0 Å². The number of nitrogen functional groups attached to an aromatic ring is 1. The summed E-state index contributed by atoms with van der Waals surface area (Å²) in [5.74, 6) is -2.46. The number of methoxy groups -OCH3 is 1. The van der Waals surface area contributed by atoms with Crippen LogP contribution in [0.1, 0.15) is 28.9 Å². The second kappa shape index (κ2) is 11.1. The summed E-state index contributed by atoms with van der Waals surface area (Å²) in [7, 11) is 1.58. The van der Waals surface area contributed by atoms with Crippen LogP contribution in [-0.4, -0.2) is 59.2 Å². The molecule has 1 atom stereocenters. The maximum atomic E-state index is 13.2. The Morgan fingerprint density at radius 1 is 1.20 bits per heavy atom. The van der Waals surface area contributed by atoms with E-state index < -0.39 is 24.1 Å². The van der Waals surface area contributed by atoms with Gasteiger partial charge in [0.25, 0.3) is 5.91 Å². The molecule has 208 valence electrons. The minimum atomic E-state index is -5.08. The van der Waals surface area contributed by atoms with E-state index in [1.165, 1.54) is 4.52 Å². The molecular formula is C24H20ClF3N8O4. The first-order chi connectivity index (χ1) is 18.9. The fraction of sp³-hybridized carbons (Fsp3) is 0.167. The van der Waals surface area contributed by atoms with Crippen molar-refractivity contribution in [3.8, 4) is 17.0 Å². The zero-order valence-corrected chi connectivity index (χ0v) is 21.5. The summed E-state index contributed by atoms with van der Waals surface area (Å²) in [6, 6.07) is 4.93. The van der Waals surface area contributed by atoms with Crippen molar-refractivity contribution in [2.75, 3.05) is 12.8 Å². The van der Waals surface area contributed by atoms with Gasteiger partial charge < -0.3 is 20.9 Å². The number of anilines is 1. The molecule has 0 saturated carbocycles. The Balaban J connectivity index is 0.000000470. The van der Waals surface area contributed by atoms with Gasteiger partial charge in [0.1, 0.15) is 11.3 Å². The number of halogens is 4. The van der Waals surface area contributed by atoms with Crippen LogP contribution in [0, 0.1) is 0 Å². The highest BCUT2D eigenvalue weighted by Crippen LogP contribution is 2.34. The molecule has 5 aromatic heterocycles. The zero-order chi connectivity index (χ0) is 29.2. The van der Waals surface area contributed by atoms with Crippen LogP contribution in [0.2, 0.25) is 5.02 Å². The highest BCUT2D eigenvalue weighted by Gasteiger charge is 2.38. The molecule has 5 heterocycles. The van der Waals surface area contributed by atoms with E-state index in [2.05, 4.69) is 25.4 Å². The lowest BCUT2D eigenvalue weighted by molar-refractivity contribution is -0.192. The predicted molar refractivity (Wildman–Crippen MR) is 137 cm³/mol. The van der Waals surface area contributed by atoms with Crippen LogP contribution < -0.4 is 15.8 Å². The molecule has 5 rings (SSSR count). The topological polar surface area (TPSA) is 162 Å². The largest absolute Gasteiger partial charge is 0.495 e. The number of hydrogen-bond donors (Lipinski definition) is 3. The Hall–Kier alpha value is -4.92. The number of amides is 1. The standard InChI is InChI=1S/C22H19ClN8O2.C2HF3O2/c1-12(28-22(32)18-20(24)29-31-5-3-4-27-21(18)31)15-7-16(23)17-10-26-11-30(17)19(15)13-6-14(33-2)9-25-8-13;3-2(4,5)1(6)7/h3-12H,1-2H3,(H2,24,29)(H,28,32);(H,6,7). The van der Waals surface area contributed by atoms with E-state index in [1.807, 2.05) is 23.5 Å². The van der Waals surface area contributed by atoms with Gasteiger partial charge in [-0.1, -0.05) is 11.6 Å². The molecule has 0 bridgehead atoms. The summed E-state index contributed by atoms with van der Waals surface area (Å²) in [6.45, 7) is 1.86. The number of nitrogens with two attached hydrogens (primary N) is 1. The van der Waals surface area contributed by atoms with Crippen LogP contribution in [0.3, 0.4) is 0 Å². The average Bonchev–Trinajstić information content (AvgIpc) is 3.53. The number of carbonyl (C=O) groups excluding carboxylic acids is 1. The van der Waals surface area contributed by atoms with Crippen molar-refractivity contribution < 1.29 is 32.6 Å². The number of carbonyl (C=O) groups is 2. The van der Waals surface area contributed by atoms with Crippen molar-refractivity contribution in [3.63, 3.8) is 0 Å². The Morgan fingerprint density at radius 2 is 1.93 bits per heavy atom. The van der Waals surface area contributed by atoms with Gasteiger partial charge in [0, 0.05) is 29.7 Å². The van der Waals surface area contributed by atoms with Crippen molar-refractivity contribution in [1.29, 1.82) is 0 Å². The molecular weight excluding hydrogens is 557 g/mol. The lowest BCUT2D eigenvalue weighted by Gasteiger charge is -2.20. The van der Waals surface area contributed by atoms with Crippen LogP contribution in [0.15, 0.2) is 55.5 Å². The SMILES string of the molecule is COc1cncc(-c2c(C(C)NC(=O)c3c(N)nn4cccnc34)cc(Cl)c3cncn23)c1.O=C(O)C(F)(F)F. The number of ether oxygens (including phenoxy) is 1. The van der Waals surface area contributed by atoms with Crippen LogP contribution in [0.4, 0.5) is 19.0 Å². The number of alkyl halides is 3. The first-order valence-electron chi connectivity index (χ1n) is 11.3. The number of carboxylic acids is 1. The van der Waals surface area contributed by atoms with E-state index in [0.29, 0.717) is 16.4 Å². The fourth-order valence-electron chi connectivity index (χ4n) is 3.83. The normalized spacial score (nSPS) is 12.1. The maximum Gasteiger partial charge on any atom is 0.490 e. The second-order valence-electron chi connectivity index (χ2n) is 8.20. The summed E-state index contributed by atoms with van der Waals surface area (Å²) in [4.78, 5) is 34.9. The zero-order valence-electron chi connectivity index (χ0n) is 20.7. The number of aliphatic carboxylic acids is 1. The molecule has 1 unspecified atom stereocenters. The minimum Gasteiger partial charge on any atom is -0.495 e. The van der Waals surface area contributed by atoms with Crippen LogP contribution in [0.5, 0.6) is 5.75 Å². The van der Waals surface area contributed by atoms with E-state index in [4.69, 9.17) is 32.0 Å². The van der Waals surface area contributed by atoms with Gasteiger partial charge in [-0.05, 0) is 25.1 Å². The van der Waals surface area contributed by atoms with Gasteiger partial charge in [-0.2, -0.15) is 13.2 Å². The number of nitrogens with zero attached hydrogens (tertiary/aromatic N) is 6. The number of hydrogen-bond acceptors (Lipinski definition) is 8. The number of imidazole rings is 1. The number of aromatic nitrogens is 6. The molecule has 0 aliphatic carbocycles. The van der Waals surface area contributed by atoms with Crippen molar-refractivity contribution in [2.24, 2.45) is 0 Å². The molecule has 0 spiro atoms. The second-order valence-corrected chi connectivity index (χ2v) is 8.61. The number of carboxylic acid groups (broad SMARTS) is 1. The fourth-order valence-corrected chi connectivity index (χ4v) is 4.09. The van der Waals surface area contributed by atoms with Gasteiger partial charge in [0.15, 0.2) is 11.5 Å². The average molecular weight is 577 g/mol. The summed E-state index contributed by atoms with van der Waals surface area (Å²) in [5, 5.41) is 14.8. The van der Waals surface area contributed by atoms with Gasteiger partial charge in [0.2, 0.25) is 0 Å². The Labute approximate surface area is 228 Å². The number of pyridine rings is 2. The molecule has 1 amide bonds. The number of fused-ring (bicyclic) bond motifs is 2. The van der Waals surface area contributed by atoms with Gasteiger partial charge >= 0.3 is 12.1 Å². The van der Waals surface area contributed by atoms with Crippen LogP contribution in [0.25, 0.3) is 22.4 Å². The molecule has 12 nitrogen and oxygen atoms in total. The van der Waals surface area contributed by atoms with E-state index in [0.717, 1.165) is 22.3 Å². The maximum absolute atomic E-state index is 13.2. The third-order valence-corrected chi connectivity index (χ3v) is 5.91. The van der Waals surface area contributed by atoms with Crippen LogP contribution in [-0.2, 0) is 4.79 Å². The summed E-state index contributed by atoms with van der Waals surface area (Å²) >= 11 is 6.55. The van der Waals surface area contributed by atoms with Crippen molar-refractivity contribution in [2.45, 2.75) is 19.1 Å². The Bertz CT molecular complexity index is 1720. The van der Waals surface area contributed by atoms with Crippen molar-refractivity contribution >= 4 is 40.5 Å². The molecule has 4 N–H and O–H groups in total. The Morgan fingerprint density at radius 3 is 2.60 bits per heavy atom. The first-order valence-corrected chi connectivity index (χ1v) is 11.6. The summed E-state index contributed by atoms with van der Waals surface area (Å²) < 4.78 is 40.4. The minimum absolute atomic E-state index is 0.0960. The van der Waals surface area contributed by atoms with Crippen molar-refractivity contribution in [3.05, 3.63) is 71.7 Å². The smallest absolute Gasteiger partial charge is 0.490 e. The molecule has 0 saturated heterocycles. The first kappa shape index (κ1) is 28.1. The van der Waals surface area contributed by atoms with Crippen LogP contribution >= 0.6 is 11.6 Å². The van der Waals surface area contributed by atoms with Gasteiger partial charge in [-0.25, -0.2) is 19.3 Å². The molecule has 0 radical (unpaired) electrons. The molecule has 5 aromatic rings. The monoisotopic (exact) mass is 576 g/mol. The molecule has 0 aliphatic rings. The number of rotatable bonds is 5. The quantitative estimate of drug-likeness (QED) is 0.282. The van der Waals surface area contributed by atoms with E-state index in [1.54, 1.807) is 50.5 Å². The van der Waals surface area contributed by atoms with Gasteiger partial charge in [0.05, 0.1) is 48.1 Å². The van der Waals surface area contributed by atoms with Gasteiger partial charge in [-0.3, -0.25) is 14.2 Å².